The van der Waals surface area contributed by atoms with Crippen molar-refractivity contribution in [1.82, 2.24) is 26.6 Å². The molecule has 0 saturated heterocycles. The van der Waals surface area contributed by atoms with Gasteiger partial charge in [0.25, 0.3) is 0 Å². The number of carboxylic acids is 1. The van der Waals surface area contributed by atoms with Crippen molar-refractivity contribution < 1.29 is 48.0 Å². The lowest BCUT2D eigenvalue weighted by Crippen LogP contribution is -2.43. The Balaban J connectivity index is 3.80. The Labute approximate surface area is 223 Å². The number of likely N-dealkylation sites (N-methyl/N-ethyl adjacent to an activating group) is 1. The summed E-state index contributed by atoms with van der Waals surface area (Å²) in [6.45, 7) is 4.53. The first-order valence-electron chi connectivity index (χ1n) is 12.6. The minimum Gasteiger partial charge on any atom is -0.480 e. The summed E-state index contributed by atoms with van der Waals surface area (Å²) in [5, 5.41) is 22.1. The minimum atomic E-state index is -1.29. The molecule has 6 N–H and O–H groups in total. The van der Waals surface area contributed by atoms with Crippen LogP contribution in [0.1, 0.15) is 26.2 Å². The number of hydrogen-bond donors (Lipinski definition) is 6. The molecule has 0 aromatic rings. The lowest BCUT2D eigenvalue weighted by Gasteiger charge is -2.14. The van der Waals surface area contributed by atoms with Crippen LogP contribution < -0.4 is 26.6 Å². The van der Waals surface area contributed by atoms with Crippen LogP contribution in [0.2, 0.25) is 0 Å². The van der Waals surface area contributed by atoms with E-state index >= 15 is 0 Å². The van der Waals surface area contributed by atoms with Gasteiger partial charge in [0.1, 0.15) is 19.3 Å². The van der Waals surface area contributed by atoms with Crippen LogP contribution >= 0.6 is 0 Å². The largest absolute Gasteiger partial charge is 0.480 e. The number of hydrogen-bond acceptors (Lipinski definition) is 10. The molecule has 0 aliphatic carbocycles. The van der Waals surface area contributed by atoms with Gasteiger partial charge in [0.05, 0.1) is 46.2 Å². The second kappa shape index (κ2) is 24.5. The van der Waals surface area contributed by atoms with Crippen LogP contribution in [-0.4, -0.2) is 127 Å². The number of amides is 4. The van der Waals surface area contributed by atoms with Crippen molar-refractivity contribution in [3.05, 3.63) is 0 Å². The third-order valence-corrected chi connectivity index (χ3v) is 4.59. The maximum atomic E-state index is 11.9. The number of aliphatic carboxylic acids is 1. The normalized spacial score (nSPS) is 11.4. The van der Waals surface area contributed by atoms with E-state index in [-0.39, 0.29) is 70.8 Å². The third-order valence-electron chi connectivity index (χ3n) is 4.59. The van der Waals surface area contributed by atoms with E-state index in [2.05, 4.69) is 26.6 Å². The zero-order valence-corrected chi connectivity index (χ0v) is 22.3. The van der Waals surface area contributed by atoms with E-state index in [4.69, 9.17) is 18.9 Å². The summed E-state index contributed by atoms with van der Waals surface area (Å²) in [6, 6.07) is -1.28. The first-order chi connectivity index (χ1) is 18.3. The highest BCUT2D eigenvalue weighted by atomic mass is 16.5. The Kier molecular flexibility index (Phi) is 22.6. The van der Waals surface area contributed by atoms with Crippen LogP contribution in [0.4, 0.5) is 0 Å². The number of rotatable bonds is 25. The van der Waals surface area contributed by atoms with Gasteiger partial charge in [0.2, 0.25) is 23.6 Å². The van der Waals surface area contributed by atoms with Crippen molar-refractivity contribution in [1.29, 1.82) is 0 Å². The standard InChI is InChI=1S/C23H43N5O10/c1-3-6-25-20(30)15-27-19(29)5-4-18(23(33)34)28-22(32)17-38-14-12-36-10-8-26-21(31)16-37-13-11-35-9-7-24-2/h18,24H,3-17H2,1-2H3,(H,25,30)(H,26,31)(H,27,29)(H,28,32)(H,33,34). The van der Waals surface area contributed by atoms with E-state index in [0.29, 0.717) is 26.4 Å². The second-order valence-corrected chi connectivity index (χ2v) is 7.91. The lowest BCUT2D eigenvalue weighted by atomic mass is 10.1. The molecule has 15 heteroatoms. The van der Waals surface area contributed by atoms with Gasteiger partial charge < -0.3 is 50.6 Å². The molecule has 0 spiro atoms. The molecule has 15 nitrogen and oxygen atoms in total. The summed E-state index contributed by atoms with van der Waals surface area (Å²) in [6.07, 6.45) is 0.441. The molecule has 4 amide bonds. The maximum absolute atomic E-state index is 11.9. The summed E-state index contributed by atoms with van der Waals surface area (Å²) in [7, 11) is 1.83. The van der Waals surface area contributed by atoms with Crippen LogP contribution in [0.5, 0.6) is 0 Å². The molecule has 0 saturated carbocycles. The van der Waals surface area contributed by atoms with E-state index in [9.17, 15) is 29.1 Å². The van der Waals surface area contributed by atoms with Gasteiger partial charge in [-0.3, -0.25) is 19.2 Å². The number of carboxylic acid groups (broad SMARTS) is 1. The molecule has 0 heterocycles. The van der Waals surface area contributed by atoms with Gasteiger partial charge in [0.15, 0.2) is 0 Å². The van der Waals surface area contributed by atoms with Crippen LogP contribution in [0, 0.1) is 0 Å². The number of carbonyl (C=O) groups excluding carboxylic acids is 4. The van der Waals surface area contributed by atoms with Crippen molar-refractivity contribution in [3.63, 3.8) is 0 Å². The van der Waals surface area contributed by atoms with Gasteiger partial charge in [-0.05, 0) is 19.9 Å². The third kappa shape index (κ3) is 22.4. The SMILES string of the molecule is CCCNC(=O)CNC(=O)CCC(NC(=O)COCCOCCNC(=O)COCCOCCNC)C(=O)O. The molecule has 0 fully saturated rings. The molecule has 0 aliphatic heterocycles. The number of ether oxygens (including phenoxy) is 4. The Hall–Kier alpha value is -2.85. The van der Waals surface area contributed by atoms with Gasteiger partial charge in [-0.15, -0.1) is 0 Å². The monoisotopic (exact) mass is 549 g/mol. The average molecular weight is 550 g/mol. The van der Waals surface area contributed by atoms with Crippen LogP contribution in [-0.2, 0) is 42.9 Å². The van der Waals surface area contributed by atoms with Gasteiger partial charge >= 0.3 is 5.97 Å². The second-order valence-electron chi connectivity index (χ2n) is 7.91. The number of nitrogens with one attached hydrogen (secondary N) is 5. The predicted octanol–water partition coefficient (Wildman–Crippen LogP) is -2.62. The summed E-state index contributed by atoms with van der Waals surface area (Å²) in [5.41, 5.74) is 0. The molecule has 0 aliphatic rings. The van der Waals surface area contributed by atoms with E-state index in [0.717, 1.165) is 13.0 Å². The highest BCUT2D eigenvalue weighted by Crippen LogP contribution is 1.98. The van der Waals surface area contributed by atoms with Gasteiger partial charge in [-0.1, -0.05) is 6.92 Å². The quantitative estimate of drug-likeness (QED) is 0.0651. The smallest absolute Gasteiger partial charge is 0.326 e. The van der Waals surface area contributed by atoms with E-state index in [1.807, 2.05) is 14.0 Å². The molecule has 0 bridgehead atoms. The van der Waals surface area contributed by atoms with Crippen molar-refractivity contribution in [2.45, 2.75) is 32.2 Å². The first-order valence-corrected chi connectivity index (χ1v) is 12.6. The fourth-order valence-electron chi connectivity index (χ4n) is 2.62. The summed E-state index contributed by atoms with van der Waals surface area (Å²) in [4.78, 5) is 58.2. The highest BCUT2D eigenvalue weighted by Gasteiger charge is 2.21. The Bertz CT molecular complexity index is 695. The molecule has 0 radical (unpaired) electrons. The highest BCUT2D eigenvalue weighted by molar-refractivity contribution is 5.86. The molecule has 1 unspecified atom stereocenters. The fraction of sp³-hybridized carbons (Fsp3) is 0.783. The van der Waals surface area contributed by atoms with Gasteiger partial charge in [-0.2, -0.15) is 0 Å². The molecule has 0 aromatic heterocycles. The summed E-state index contributed by atoms with van der Waals surface area (Å²) >= 11 is 0. The molecular formula is C23H43N5O10. The molecular weight excluding hydrogens is 506 g/mol. The molecule has 38 heavy (non-hydrogen) atoms. The Morgan fingerprint density at radius 3 is 1.87 bits per heavy atom. The van der Waals surface area contributed by atoms with Gasteiger partial charge in [-0.25, -0.2) is 4.79 Å². The van der Waals surface area contributed by atoms with E-state index < -0.39 is 23.8 Å². The molecule has 0 aromatic carbocycles. The Morgan fingerprint density at radius 2 is 1.26 bits per heavy atom. The first kappa shape index (κ1) is 35.2. The lowest BCUT2D eigenvalue weighted by molar-refractivity contribution is -0.143. The minimum absolute atomic E-state index is 0.0776. The summed E-state index contributed by atoms with van der Waals surface area (Å²) in [5.74, 6) is -3.06. The zero-order chi connectivity index (χ0) is 28.4. The maximum Gasteiger partial charge on any atom is 0.326 e. The zero-order valence-electron chi connectivity index (χ0n) is 22.3. The van der Waals surface area contributed by atoms with E-state index in [1.165, 1.54) is 0 Å². The topological polar surface area (TPSA) is 203 Å². The van der Waals surface area contributed by atoms with Crippen LogP contribution in [0.3, 0.4) is 0 Å². The molecule has 1 atom stereocenters. The predicted molar refractivity (Wildman–Crippen MR) is 135 cm³/mol. The fourth-order valence-corrected chi connectivity index (χ4v) is 2.62. The molecule has 220 valence electrons. The van der Waals surface area contributed by atoms with Crippen molar-refractivity contribution in [2.24, 2.45) is 0 Å². The van der Waals surface area contributed by atoms with Crippen molar-refractivity contribution in [2.75, 3.05) is 86.1 Å². The summed E-state index contributed by atoms with van der Waals surface area (Å²) < 4.78 is 20.9. The van der Waals surface area contributed by atoms with Crippen molar-refractivity contribution in [3.8, 4) is 0 Å². The van der Waals surface area contributed by atoms with Gasteiger partial charge in [0, 0.05) is 26.1 Å². The van der Waals surface area contributed by atoms with Crippen molar-refractivity contribution >= 4 is 29.6 Å². The average Bonchev–Trinajstić information content (AvgIpc) is 2.89. The molecule has 0 rings (SSSR count). The van der Waals surface area contributed by atoms with Crippen LogP contribution in [0.15, 0.2) is 0 Å². The Morgan fingerprint density at radius 1 is 0.684 bits per heavy atom. The van der Waals surface area contributed by atoms with Crippen LogP contribution in [0.25, 0.3) is 0 Å². The van der Waals surface area contributed by atoms with E-state index in [1.54, 1.807) is 0 Å². The number of carbonyl (C=O) groups is 5.